The highest BCUT2D eigenvalue weighted by molar-refractivity contribution is 5.63. The van der Waals surface area contributed by atoms with Crippen molar-refractivity contribution >= 4 is 0 Å². The van der Waals surface area contributed by atoms with E-state index >= 15 is 0 Å². The van der Waals surface area contributed by atoms with Gasteiger partial charge in [-0.3, -0.25) is 0 Å². The first kappa shape index (κ1) is 9.64. The summed E-state index contributed by atoms with van der Waals surface area (Å²) in [6.45, 7) is 3.99. The van der Waals surface area contributed by atoms with Gasteiger partial charge in [-0.1, -0.05) is 35.5 Å². The maximum Gasteiger partial charge on any atom is 0.143 e. The number of rotatable bonds is 3. The maximum atomic E-state index is 5.48. The van der Waals surface area contributed by atoms with Gasteiger partial charge in [0.1, 0.15) is 11.5 Å². The topological polar surface area (TPSA) is 26.0 Å². The molecule has 1 saturated carbocycles. The molecule has 0 amide bonds. The van der Waals surface area contributed by atoms with Gasteiger partial charge in [0.05, 0.1) is 0 Å². The molecule has 2 aromatic rings. The predicted octanol–water partition coefficient (Wildman–Crippen LogP) is 3.60. The van der Waals surface area contributed by atoms with Crippen LogP contribution in [0.25, 0.3) is 11.3 Å². The average molecular weight is 212 g/mol. The Morgan fingerprint density at radius 3 is 2.62 bits per heavy atom. The van der Waals surface area contributed by atoms with Crippen LogP contribution < -0.4 is 0 Å². The van der Waals surface area contributed by atoms with Gasteiger partial charge in [-0.2, -0.15) is 0 Å². The van der Waals surface area contributed by atoms with Crippen molar-refractivity contribution in [1.82, 2.24) is 5.16 Å². The highest BCUT2D eigenvalue weighted by Crippen LogP contribution is 2.43. The molecule has 2 nitrogen and oxygen atoms in total. The Morgan fingerprint density at radius 2 is 2.00 bits per heavy atom. The van der Waals surface area contributed by atoms with Gasteiger partial charge in [0.2, 0.25) is 0 Å². The van der Waals surface area contributed by atoms with Gasteiger partial charge in [0.15, 0.2) is 0 Å². The second-order valence-corrected chi connectivity index (χ2v) is 4.26. The summed E-state index contributed by atoms with van der Waals surface area (Å²) in [7, 11) is 0. The lowest BCUT2D eigenvalue weighted by atomic mass is 10.0. The van der Waals surface area contributed by atoms with Crippen LogP contribution >= 0.6 is 0 Å². The third-order valence-electron chi connectivity index (χ3n) is 3.06. The Bertz CT molecular complexity index is 483. The average Bonchev–Trinajstić information content (AvgIpc) is 3.09. The molecule has 1 aromatic carbocycles. The van der Waals surface area contributed by atoms with Crippen molar-refractivity contribution in [2.24, 2.45) is 0 Å². The quantitative estimate of drug-likeness (QED) is 0.777. The van der Waals surface area contributed by atoms with Crippen LogP contribution in [-0.2, 0) is 6.42 Å². The largest absolute Gasteiger partial charge is 0.360 e. The van der Waals surface area contributed by atoms with Crippen LogP contribution in [0.15, 0.2) is 34.9 Å². The lowest BCUT2D eigenvalue weighted by molar-refractivity contribution is 0.385. The van der Waals surface area contributed by atoms with Gasteiger partial charge in [-0.05, 0) is 26.2 Å². The molecule has 0 unspecified atom stereocenters. The molecule has 1 aliphatic rings. The zero-order valence-corrected chi connectivity index (χ0v) is 9.15. The highest BCUT2D eigenvalue weighted by Gasteiger charge is 2.31. The standard InChI is InChI=1S/C14H14NO/c1-2-12-13(10-6-4-3-5-7-10)15-16-14(12)11-8-9-11/h3-7,11H,1-2,8-9H2. The molecule has 0 bridgehead atoms. The fourth-order valence-electron chi connectivity index (χ4n) is 2.05. The predicted molar refractivity (Wildman–Crippen MR) is 63.0 cm³/mol. The summed E-state index contributed by atoms with van der Waals surface area (Å²) in [5, 5.41) is 4.20. The molecular weight excluding hydrogens is 198 g/mol. The first-order valence-electron chi connectivity index (χ1n) is 5.73. The fourth-order valence-corrected chi connectivity index (χ4v) is 2.05. The number of hydrogen-bond acceptors (Lipinski definition) is 2. The molecule has 1 aliphatic carbocycles. The van der Waals surface area contributed by atoms with Gasteiger partial charge >= 0.3 is 0 Å². The summed E-state index contributed by atoms with van der Waals surface area (Å²) in [4.78, 5) is 0. The van der Waals surface area contributed by atoms with Crippen LogP contribution in [0.1, 0.15) is 30.1 Å². The lowest BCUT2D eigenvalue weighted by Crippen LogP contribution is -1.88. The Kier molecular flexibility index (Phi) is 2.28. The normalized spacial score (nSPS) is 15.3. The summed E-state index contributed by atoms with van der Waals surface area (Å²) >= 11 is 0. The van der Waals surface area contributed by atoms with Gasteiger partial charge in [-0.15, -0.1) is 0 Å². The SMILES string of the molecule is [CH2]Cc1c(-c2ccccc2)noc1C1CC1. The molecule has 81 valence electrons. The smallest absolute Gasteiger partial charge is 0.143 e. The second-order valence-electron chi connectivity index (χ2n) is 4.26. The van der Waals surface area contributed by atoms with E-state index in [1.54, 1.807) is 0 Å². The van der Waals surface area contributed by atoms with Gasteiger partial charge in [0, 0.05) is 17.0 Å². The van der Waals surface area contributed by atoms with E-state index in [2.05, 4.69) is 24.2 Å². The minimum absolute atomic E-state index is 0.599. The van der Waals surface area contributed by atoms with E-state index in [1.165, 1.54) is 18.4 Å². The summed E-state index contributed by atoms with van der Waals surface area (Å²) in [5.41, 5.74) is 3.28. The van der Waals surface area contributed by atoms with Gasteiger partial charge in [0.25, 0.3) is 0 Å². The molecule has 0 atom stereocenters. The Morgan fingerprint density at radius 1 is 1.25 bits per heavy atom. The van der Waals surface area contributed by atoms with Crippen molar-refractivity contribution in [2.45, 2.75) is 25.2 Å². The van der Waals surface area contributed by atoms with Crippen LogP contribution in [0.3, 0.4) is 0 Å². The molecule has 3 rings (SSSR count). The van der Waals surface area contributed by atoms with Crippen molar-refractivity contribution in [3.05, 3.63) is 48.6 Å². The molecule has 2 heteroatoms. The molecule has 0 saturated heterocycles. The van der Waals surface area contributed by atoms with E-state index in [0.29, 0.717) is 5.92 Å². The van der Waals surface area contributed by atoms with Crippen molar-refractivity contribution in [3.8, 4) is 11.3 Å². The van der Waals surface area contributed by atoms with E-state index in [1.807, 2.05) is 18.2 Å². The van der Waals surface area contributed by atoms with Gasteiger partial charge in [-0.25, -0.2) is 0 Å². The summed E-state index contributed by atoms with van der Waals surface area (Å²) in [6, 6.07) is 10.2. The van der Waals surface area contributed by atoms with Crippen LogP contribution in [-0.4, -0.2) is 5.16 Å². The van der Waals surface area contributed by atoms with E-state index in [4.69, 9.17) is 4.52 Å². The van der Waals surface area contributed by atoms with E-state index in [-0.39, 0.29) is 0 Å². The molecule has 0 N–H and O–H groups in total. The number of aromatic nitrogens is 1. The zero-order chi connectivity index (χ0) is 11.0. The van der Waals surface area contributed by atoms with Crippen molar-refractivity contribution < 1.29 is 4.52 Å². The number of benzene rings is 1. The molecule has 0 spiro atoms. The molecule has 16 heavy (non-hydrogen) atoms. The molecule has 1 heterocycles. The first-order valence-corrected chi connectivity index (χ1v) is 5.73. The van der Waals surface area contributed by atoms with Crippen molar-refractivity contribution in [1.29, 1.82) is 0 Å². The molecule has 0 aliphatic heterocycles. The van der Waals surface area contributed by atoms with E-state index in [0.717, 1.165) is 23.4 Å². The third-order valence-corrected chi connectivity index (χ3v) is 3.06. The second kappa shape index (κ2) is 3.78. The van der Waals surface area contributed by atoms with Crippen LogP contribution in [0.4, 0.5) is 0 Å². The Labute approximate surface area is 95.3 Å². The summed E-state index contributed by atoms with van der Waals surface area (Å²) < 4.78 is 5.48. The Hall–Kier alpha value is -1.57. The lowest BCUT2D eigenvalue weighted by Gasteiger charge is -1.99. The minimum atomic E-state index is 0.599. The number of nitrogens with zero attached hydrogens (tertiary/aromatic N) is 1. The summed E-state index contributed by atoms with van der Waals surface area (Å²) in [5.74, 6) is 1.66. The molecule has 1 radical (unpaired) electrons. The minimum Gasteiger partial charge on any atom is -0.360 e. The van der Waals surface area contributed by atoms with Crippen LogP contribution in [0.5, 0.6) is 0 Å². The monoisotopic (exact) mass is 212 g/mol. The van der Waals surface area contributed by atoms with Gasteiger partial charge < -0.3 is 4.52 Å². The van der Waals surface area contributed by atoms with Crippen molar-refractivity contribution in [2.75, 3.05) is 0 Å². The maximum absolute atomic E-state index is 5.48. The Balaban J connectivity index is 2.07. The van der Waals surface area contributed by atoms with Crippen molar-refractivity contribution in [3.63, 3.8) is 0 Å². The summed E-state index contributed by atoms with van der Waals surface area (Å²) in [6.07, 6.45) is 3.21. The van der Waals surface area contributed by atoms with E-state index in [9.17, 15) is 0 Å². The van der Waals surface area contributed by atoms with Crippen LogP contribution in [0.2, 0.25) is 0 Å². The number of hydrogen-bond donors (Lipinski definition) is 0. The zero-order valence-electron chi connectivity index (χ0n) is 9.15. The first-order chi connectivity index (χ1) is 7.90. The third kappa shape index (κ3) is 1.54. The highest BCUT2D eigenvalue weighted by atomic mass is 16.5. The van der Waals surface area contributed by atoms with Crippen LogP contribution in [0, 0.1) is 6.92 Å². The molecule has 1 aromatic heterocycles. The molecular formula is C14H14NO. The van der Waals surface area contributed by atoms with E-state index < -0.39 is 0 Å². The fraction of sp³-hybridized carbons (Fsp3) is 0.286. The molecule has 1 fully saturated rings.